The monoisotopic (exact) mass is 901 g/mol. The molecule has 0 aliphatic heterocycles. The maximum absolute atomic E-state index is 11.8. The quantitative estimate of drug-likeness (QED) is 0.0874. The fourth-order valence-electron chi connectivity index (χ4n) is 5.51. The molecular formula is C37H26N3Na3O12S4. The third kappa shape index (κ3) is 13.4. The van der Waals surface area contributed by atoms with E-state index in [1.165, 1.54) is 48.5 Å². The molecule has 0 aromatic heterocycles. The van der Waals surface area contributed by atoms with Crippen LogP contribution in [0.25, 0.3) is 5.57 Å². The van der Waals surface area contributed by atoms with Gasteiger partial charge in [-0.25, -0.2) is 30.2 Å². The minimum atomic E-state index is -5.23. The first-order chi connectivity index (χ1) is 26.2. The summed E-state index contributed by atoms with van der Waals surface area (Å²) in [4.78, 5) is 1.39. The molecule has 1 aliphatic carbocycles. The molecule has 0 unspecified atom stereocenters. The Hall–Kier alpha value is -2.77. The van der Waals surface area contributed by atoms with E-state index in [1.807, 2.05) is 24.3 Å². The number of anilines is 4. The summed E-state index contributed by atoms with van der Waals surface area (Å²) in [6, 6.07) is 27.8. The van der Waals surface area contributed by atoms with Crippen LogP contribution in [0, 0.1) is 0 Å². The number of benzene rings is 5. The Bertz CT molecular complexity index is 2780. The molecule has 22 heteroatoms. The molecule has 15 nitrogen and oxygen atoms in total. The molecule has 0 amide bonds. The number of nitrogens with one attached hydrogen (secondary N) is 2. The van der Waals surface area contributed by atoms with Gasteiger partial charge in [-0.15, -0.1) is 0 Å². The van der Waals surface area contributed by atoms with Crippen molar-refractivity contribution in [2.75, 3.05) is 10.6 Å². The average Bonchev–Trinajstić information content (AvgIpc) is 3.13. The summed E-state index contributed by atoms with van der Waals surface area (Å²) in [6.07, 6.45) is 6.71. The fourth-order valence-corrected chi connectivity index (χ4v) is 8.20. The van der Waals surface area contributed by atoms with E-state index in [0.717, 1.165) is 34.9 Å². The van der Waals surface area contributed by atoms with Gasteiger partial charge in [-0.3, -0.25) is 4.55 Å². The Morgan fingerprint density at radius 1 is 0.475 bits per heavy atom. The van der Waals surface area contributed by atoms with Crippen LogP contribution < -0.4 is 99.3 Å². The van der Waals surface area contributed by atoms with Gasteiger partial charge >= 0.3 is 88.7 Å². The van der Waals surface area contributed by atoms with E-state index in [2.05, 4.69) is 15.6 Å². The van der Waals surface area contributed by atoms with Crippen LogP contribution in [0.5, 0.6) is 0 Å². The van der Waals surface area contributed by atoms with Crippen molar-refractivity contribution in [3.63, 3.8) is 0 Å². The van der Waals surface area contributed by atoms with Crippen LogP contribution in [-0.4, -0.2) is 57.6 Å². The van der Waals surface area contributed by atoms with Gasteiger partial charge in [-0.05, 0) is 125 Å². The van der Waals surface area contributed by atoms with Gasteiger partial charge in [0, 0.05) is 22.7 Å². The summed E-state index contributed by atoms with van der Waals surface area (Å²) >= 11 is 0. The summed E-state index contributed by atoms with van der Waals surface area (Å²) in [5, 5.41) is 6.29. The molecule has 288 valence electrons. The zero-order valence-corrected chi connectivity index (χ0v) is 40.6. The summed E-state index contributed by atoms with van der Waals surface area (Å²) in [5.41, 5.74) is 5.61. The molecule has 0 bridgehead atoms. The molecule has 0 fully saturated rings. The van der Waals surface area contributed by atoms with E-state index in [4.69, 9.17) is 0 Å². The van der Waals surface area contributed by atoms with Gasteiger partial charge in [0.2, 0.25) is 0 Å². The van der Waals surface area contributed by atoms with Crippen molar-refractivity contribution >= 4 is 80.2 Å². The minimum Gasteiger partial charge on any atom is -0.744 e. The van der Waals surface area contributed by atoms with Crippen LogP contribution >= 0.6 is 0 Å². The van der Waals surface area contributed by atoms with Gasteiger partial charge < -0.3 is 24.3 Å². The van der Waals surface area contributed by atoms with E-state index in [0.29, 0.717) is 34.0 Å². The Labute approximate surface area is 407 Å². The molecule has 0 atom stereocenters. The van der Waals surface area contributed by atoms with Crippen molar-refractivity contribution in [2.24, 2.45) is 4.99 Å². The molecule has 0 saturated carbocycles. The van der Waals surface area contributed by atoms with Crippen molar-refractivity contribution in [2.45, 2.75) is 19.6 Å². The molecular weight excluding hydrogens is 876 g/mol. The molecule has 0 saturated heterocycles. The zero-order chi connectivity index (χ0) is 40.5. The zero-order valence-electron chi connectivity index (χ0n) is 31.3. The van der Waals surface area contributed by atoms with Crippen LogP contribution in [0.2, 0.25) is 0 Å². The topological polar surface area (TPSA) is 262 Å². The molecule has 59 heavy (non-hydrogen) atoms. The van der Waals surface area contributed by atoms with Crippen LogP contribution in [0.3, 0.4) is 0 Å². The summed E-state index contributed by atoms with van der Waals surface area (Å²) in [6.45, 7) is 0. The van der Waals surface area contributed by atoms with Crippen molar-refractivity contribution in [3.8, 4) is 0 Å². The number of hydrogen-bond acceptors (Lipinski definition) is 14. The van der Waals surface area contributed by atoms with E-state index >= 15 is 0 Å². The Morgan fingerprint density at radius 2 is 0.847 bits per heavy atom. The number of rotatable bonds is 11. The predicted molar refractivity (Wildman–Crippen MR) is 204 cm³/mol. The minimum absolute atomic E-state index is 0. The van der Waals surface area contributed by atoms with Crippen LogP contribution in [-0.2, 0) is 40.5 Å². The first kappa shape index (κ1) is 50.6. The summed E-state index contributed by atoms with van der Waals surface area (Å²) < 4.78 is 136. The van der Waals surface area contributed by atoms with E-state index in [1.54, 1.807) is 48.6 Å². The molecule has 0 spiro atoms. The van der Waals surface area contributed by atoms with Gasteiger partial charge in [-0.1, -0.05) is 36.4 Å². The number of aliphatic imine (C=N–C) groups is 1. The smallest absolute Gasteiger partial charge is 0.744 e. The third-order valence-corrected chi connectivity index (χ3v) is 11.7. The number of allylic oxidation sites excluding steroid dienone is 5. The molecule has 5 aromatic carbocycles. The Kier molecular flexibility index (Phi) is 17.5. The normalized spacial score (nSPS) is 12.7. The molecule has 5 aromatic rings. The maximum Gasteiger partial charge on any atom is 1.00 e. The first-order valence-electron chi connectivity index (χ1n) is 15.9. The fraction of sp³-hybridized carbons (Fsp3) is 0. The van der Waals surface area contributed by atoms with Gasteiger partial charge in [0.05, 0.1) is 26.1 Å². The van der Waals surface area contributed by atoms with Crippen LogP contribution in [0.15, 0.2) is 170 Å². The number of hydrogen-bond donors (Lipinski definition) is 3. The van der Waals surface area contributed by atoms with Crippen molar-refractivity contribution in [1.82, 2.24) is 0 Å². The molecule has 0 radical (unpaired) electrons. The van der Waals surface area contributed by atoms with E-state index in [-0.39, 0.29) is 104 Å². The second kappa shape index (κ2) is 20.4. The summed E-state index contributed by atoms with van der Waals surface area (Å²) in [7, 11) is -19.5. The van der Waals surface area contributed by atoms with Crippen molar-refractivity contribution < 1.29 is 141 Å². The SMILES string of the molecule is O=S(=O)([O-])c1ccc(Nc2ccc(C(=C3C=CC(=Nc4ccc(S(=O)(=O)[O-])c(S(=O)(=O)O)c4)C=C3)c3ccc(Nc4ccc(S(=O)(=O)[O-])cc4)cc3)cc2)cc1.[Na+].[Na+].[Na+]. The van der Waals surface area contributed by atoms with Gasteiger partial charge in [0.25, 0.3) is 10.1 Å². The second-order valence-electron chi connectivity index (χ2n) is 12.0. The Morgan fingerprint density at radius 3 is 1.19 bits per heavy atom. The number of nitrogens with zero attached hydrogens (tertiary/aromatic N) is 1. The van der Waals surface area contributed by atoms with Crippen molar-refractivity contribution in [3.05, 3.63) is 156 Å². The standard InChI is InChI=1S/C37H29N3O12S4.3Na/c41-53(42,43)33-18-13-30(14-19-33)38-27-7-1-24(2-8-27)37(25-3-9-28(10-4-25)39-31-15-20-34(21-16-31)54(44,45)46)26-5-11-29(12-6-26)40-32-17-22-35(55(47,48)49)36(23-32)56(50,51)52;;;/h1-23,38-39H,(H,41,42,43)(H,44,45,46)(H,47,48,49)(H,50,51,52);;;/q;3*+1/p-3. The largest absolute Gasteiger partial charge is 1.00 e. The molecule has 6 rings (SSSR count). The predicted octanol–water partition coefficient (Wildman–Crippen LogP) is -3.15. The average molecular weight is 902 g/mol. The molecule has 0 heterocycles. The summed E-state index contributed by atoms with van der Waals surface area (Å²) in [5.74, 6) is 0. The first-order valence-corrected chi connectivity index (χ1v) is 21.5. The third-order valence-electron chi connectivity index (χ3n) is 8.10. The van der Waals surface area contributed by atoms with E-state index in [9.17, 15) is 51.9 Å². The van der Waals surface area contributed by atoms with Crippen molar-refractivity contribution in [1.29, 1.82) is 0 Å². The second-order valence-corrected chi connectivity index (χ2v) is 17.5. The van der Waals surface area contributed by atoms with Gasteiger partial charge in [0.15, 0.2) is 0 Å². The van der Waals surface area contributed by atoms with Gasteiger partial charge in [-0.2, -0.15) is 8.42 Å². The van der Waals surface area contributed by atoms with Crippen LogP contribution in [0.4, 0.5) is 28.4 Å². The van der Waals surface area contributed by atoms with Gasteiger partial charge in [0.1, 0.15) is 35.2 Å². The molecule has 3 N–H and O–H groups in total. The maximum atomic E-state index is 11.8. The Balaban J connectivity index is 0.00000310. The molecule has 1 aliphatic rings. The van der Waals surface area contributed by atoms with Crippen LogP contribution in [0.1, 0.15) is 11.1 Å². The van der Waals surface area contributed by atoms with E-state index < -0.39 is 50.3 Å².